The number of carbonyl (C=O) groups is 1. The molecular formula is C18H15NO5. The summed E-state index contributed by atoms with van der Waals surface area (Å²) < 4.78 is 15.7. The van der Waals surface area contributed by atoms with Crippen molar-refractivity contribution in [2.24, 2.45) is 0 Å². The Labute approximate surface area is 137 Å². The number of hydrogen-bond donors (Lipinski definition) is 1. The van der Waals surface area contributed by atoms with Crippen molar-refractivity contribution in [1.29, 1.82) is 0 Å². The molecule has 24 heavy (non-hydrogen) atoms. The summed E-state index contributed by atoms with van der Waals surface area (Å²) in [5.41, 5.74) is 0.539. The monoisotopic (exact) mass is 325 g/mol. The van der Waals surface area contributed by atoms with E-state index in [0.29, 0.717) is 22.8 Å². The molecule has 0 bridgehead atoms. The molecule has 1 aromatic heterocycles. The van der Waals surface area contributed by atoms with Crippen LogP contribution in [0.3, 0.4) is 0 Å². The Kier molecular flexibility index (Phi) is 4.47. The fraction of sp³-hybridized carbons (Fsp3) is 0.111. The maximum atomic E-state index is 12.0. The van der Waals surface area contributed by atoms with Crippen molar-refractivity contribution in [2.45, 2.75) is 0 Å². The quantitative estimate of drug-likeness (QED) is 0.730. The van der Waals surface area contributed by atoms with Gasteiger partial charge in [0.2, 0.25) is 0 Å². The highest BCUT2D eigenvalue weighted by atomic mass is 16.5. The summed E-state index contributed by atoms with van der Waals surface area (Å²) in [7, 11) is 1.53. The summed E-state index contributed by atoms with van der Waals surface area (Å²) in [6.45, 7) is -0.180. The molecule has 0 aliphatic carbocycles. The number of rotatable bonds is 5. The Morgan fingerprint density at radius 3 is 2.75 bits per heavy atom. The number of ether oxygens (including phenoxy) is 2. The molecule has 0 aliphatic rings. The van der Waals surface area contributed by atoms with Crippen molar-refractivity contribution in [3.05, 3.63) is 65.0 Å². The molecule has 0 saturated heterocycles. The van der Waals surface area contributed by atoms with Crippen molar-refractivity contribution >= 4 is 22.6 Å². The minimum atomic E-state index is -0.437. The van der Waals surface area contributed by atoms with E-state index in [1.807, 2.05) is 6.07 Å². The van der Waals surface area contributed by atoms with Gasteiger partial charge in [0.15, 0.2) is 6.61 Å². The number of methoxy groups -OCH3 is 1. The number of carbonyl (C=O) groups excluding carboxylic acids is 1. The molecule has 0 radical (unpaired) electrons. The van der Waals surface area contributed by atoms with Gasteiger partial charge in [0.1, 0.15) is 17.1 Å². The summed E-state index contributed by atoms with van der Waals surface area (Å²) in [5, 5.41) is 3.49. The third kappa shape index (κ3) is 3.55. The molecule has 6 nitrogen and oxygen atoms in total. The van der Waals surface area contributed by atoms with Crippen molar-refractivity contribution in [1.82, 2.24) is 0 Å². The molecule has 1 N–H and O–H groups in total. The van der Waals surface area contributed by atoms with Crippen LogP contribution in [0.4, 0.5) is 5.69 Å². The van der Waals surface area contributed by atoms with Gasteiger partial charge in [-0.05, 0) is 30.3 Å². The molecule has 0 spiro atoms. The molecule has 3 rings (SSSR count). The van der Waals surface area contributed by atoms with Crippen molar-refractivity contribution < 1.29 is 18.7 Å². The summed E-state index contributed by atoms with van der Waals surface area (Å²) in [5.74, 6) is 0.680. The number of nitrogens with one attached hydrogen (secondary N) is 1. The lowest BCUT2D eigenvalue weighted by molar-refractivity contribution is -0.118. The topological polar surface area (TPSA) is 77.8 Å². The van der Waals surface area contributed by atoms with E-state index in [0.717, 1.165) is 5.39 Å². The number of benzene rings is 2. The van der Waals surface area contributed by atoms with E-state index in [2.05, 4.69) is 5.32 Å². The highest BCUT2D eigenvalue weighted by Gasteiger charge is 2.08. The van der Waals surface area contributed by atoms with Gasteiger partial charge in [-0.2, -0.15) is 0 Å². The molecule has 2 aromatic carbocycles. The average molecular weight is 325 g/mol. The number of anilines is 1. The van der Waals surface area contributed by atoms with E-state index in [1.165, 1.54) is 13.2 Å². The van der Waals surface area contributed by atoms with Crippen LogP contribution in [0.2, 0.25) is 0 Å². The van der Waals surface area contributed by atoms with Crippen LogP contribution in [-0.2, 0) is 4.79 Å². The van der Waals surface area contributed by atoms with Crippen LogP contribution in [0.5, 0.6) is 11.5 Å². The van der Waals surface area contributed by atoms with E-state index in [1.54, 1.807) is 42.5 Å². The van der Waals surface area contributed by atoms with E-state index in [9.17, 15) is 9.59 Å². The predicted molar refractivity (Wildman–Crippen MR) is 89.6 cm³/mol. The molecule has 122 valence electrons. The highest BCUT2D eigenvalue weighted by molar-refractivity contribution is 5.93. The number of hydrogen-bond acceptors (Lipinski definition) is 5. The Balaban J connectivity index is 1.67. The molecular weight excluding hydrogens is 310 g/mol. The maximum Gasteiger partial charge on any atom is 0.336 e. The fourth-order valence-electron chi connectivity index (χ4n) is 2.21. The van der Waals surface area contributed by atoms with Crippen molar-refractivity contribution in [2.75, 3.05) is 19.0 Å². The Hall–Kier alpha value is -3.28. The van der Waals surface area contributed by atoms with Crippen LogP contribution in [0.25, 0.3) is 11.0 Å². The van der Waals surface area contributed by atoms with Gasteiger partial charge < -0.3 is 19.2 Å². The van der Waals surface area contributed by atoms with E-state index < -0.39 is 5.63 Å². The molecule has 3 aromatic rings. The minimum absolute atomic E-state index is 0.180. The first-order chi connectivity index (χ1) is 11.7. The Morgan fingerprint density at radius 2 is 1.92 bits per heavy atom. The SMILES string of the molecule is COc1ccccc1NC(=O)COc1ccc2ccc(=O)oc2c1. The summed E-state index contributed by atoms with van der Waals surface area (Å²) in [4.78, 5) is 23.2. The first-order valence-electron chi connectivity index (χ1n) is 7.25. The normalized spacial score (nSPS) is 10.4. The number of amides is 1. The molecule has 0 saturated carbocycles. The first-order valence-corrected chi connectivity index (χ1v) is 7.25. The average Bonchev–Trinajstić information content (AvgIpc) is 2.60. The van der Waals surface area contributed by atoms with Gasteiger partial charge in [-0.15, -0.1) is 0 Å². The largest absolute Gasteiger partial charge is 0.495 e. The van der Waals surface area contributed by atoms with Crippen molar-refractivity contribution in [3.8, 4) is 11.5 Å². The van der Waals surface area contributed by atoms with Gasteiger partial charge >= 0.3 is 5.63 Å². The third-order valence-electron chi connectivity index (χ3n) is 3.35. The Bertz CT molecular complexity index is 932. The second-order valence-corrected chi connectivity index (χ2v) is 4.99. The minimum Gasteiger partial charge on any atom is -0.495 e. The smallest absolute Gasteiger partial charge is 0.336 e. The number of fused-ring (bicyclic) bond motifs is 1. The second-order valence-electron chi connectivity index (χ2n) is 4.99. The third-order valence-corrected chi connectivity index (χ3v) is 3.35. The van der Waals surface area contributed by atoms with Crippen LogP contribution in [0.15, 0.2) is 63.8 Å². The molecule has 1 amide bonds. The standard InChI is InChI=1S/C18H15NO5/c1-22-15-5-3-2-4-14(15)19-17(20)11-23-13-8-6-12-7-9-18(21)24-16(12)10-13/h2-10H,11H2,1H3,(H,19,20). The molecule has 0 unspecified atom stereocenters. The summed E-state index contributed by atoms with van der Waals surface area (Å²) >= 11 is 0. The summed E-state index contributed by atoms with van der Waals surface area (Å²) in [6, 6.07) is 15.2. The van der Waals surface area contributed by atoms with Crippen LogP contribution in [0.1, 0.15) is 0 Å². The zero-order chi connectivity index (χ0) is 16.9. The van der Waals surface area contributed by atoms with Gasteiger partial charge in [0.25, 0.3) is 5.91 Å². The van der Waals surface area contributed by atoms with Gasteiger partial charge in [-0.1, -0.05) is 12.1 Å². The Morgan fingerprint density at radius 1 is 1.12 bits per heavy atom. The number of para-hydroxylation sites is 2. The van der Waals surface area contributed by atoms with Crippen LogP contribution < -0.4 is 20.4 Å². The maximum absolute atomic E-state index is 12.0. The van der Waals surface area contributed by atoms with Gasteiger partial charge in [-0.25, -0.2) is 4.79 Å². The lowest BCUT2D eigenvalue weighted by atomic mass is 10.2. The van der Waals surface area contributed by atoms with Crippen LogP contribution >= 0.6 is 0 Å². The van der Waals surface area contributed by atoms with Crippen LogP contribution in [-0.4, -0.2) is 19.6 Å². The van der Waals surface area contributed by atoms with Gasteiger partial charge in [-0.3, -0.25) is 4.79 Å². The van der Waals surface area contributed by atoms with E-state index in [4.69, 9.17) is 13.9 Å². The van der Waals surface area contributed by atoms with Gasteiger partial charge in [0, 0.05) is 17.5 Å². The molecule has 0 fully saturated rings. The lowest BCUT2D eigenvalue weighted by Crippen LogP contribution is -2.20. The molecule has 1 heterocycles. The first kappa shape index (κ1) is 15.6. The molecule has 0 aliphatic heterocycles. The lowest BCUT2D eigenvalue weighted by Gasteiger charge is -2.10. The van der Waals surface area contributed by atoms with Gasteiger partial charge in [0.05, 0.1) is 12.8 Å². The fourth-order valence-corrected chi connectivity index (χ4v) is 2.21. The predicted octanol–water partition coefficient (Wildman–Crippen LogP) is 2.82. The zero-order valence-electron chi connectivity index (χ0n) is 12.9. The second kappa shape index (κ2) is 6.87. The summed E-state index contributed by atoms with van der Waals surface area (Å²) in [6.07, 6.45) is 0. The van der Waals surface area contributed by atoms with Crippen molar-refractivity contribution in [3.63, 3.8) is 0 Å². The molecule has 0 atom stereocenters. The van der Waals surface area contributed by atoms with E-state index in [-0.39, 0.29) is 12.5 Å². The highest BCUT2D eigenvalue weighted by Crippen LogP contribution is 2.23. The van der Waals surface area contributed by atoms with Crippen LogP contribution in [0, 0.1) is 0 Å². The zero-order valence-corrected chi connectivity index (χ0v) is 12.9. The molecule has 6 heteroatoms. The van der Waals surface area contributed by atoms with E-state index >= 15 is 0 Å².